The monoisotopic (exact) mass is 298 g/mol. The van der Waals surface area contributed by atoms with E-state index in [-0.39, 0.29) is 6.09 Å². The smallest absolute Gasteiger partial charge is 0.410 e. The lowest BCUT2D eigenvalue weighted by molar-refractivity contribution is 0.0287. The second-order valence-corrected chi connectivity index (χ2v) is 7.24. The number of nitrogens with zero attached hydrogens (tertiary/aromatic N) is 1. The Morgan fingerprint density at radius 2 is 2.19 bits per heavy atom. The number of hydrogen-bond donors (Lipinski definition) is 1. The number of rotatable bonds is 4. The summed E-state index contributed by atoms with van der Waals surface area (Å²) in [5.74, 6) is 0.592. The number of hydrogen-bond acceptors (Lipinski definition) is 4. The highest BCUT2D eigenvalue weighted by Crippen LogP contribution is 2.21. The minimum absolute atomic E-state index is 0.168. The van der Waals surface area contributed by atoms with Crippen molar-refractivity contribution < 1.29 is 14.3 Å². The average molecular weight is 298 g/mol. The second-order valence-electron chi connectivity index (χ2n) is 7.24. The van der Waals surface area contributed by atoms with Crippen LogP contribution in [0.25, 0.3) is 0 Å². The van der Waals surface area contributed by atoms with E-state index in [2.05, 4.69) is 5.32 Å². The van der Waals surface area contributed by atoms with Crippen molar-refractivity contribution in [2.45, 2.75) is 58.1 Å². The van der Waals surface area contributed by atoms with Gasteiger partial charge < -0.3 is 19.7 Å². The zero-order chi connectivity index (χ0) is 15.3. The summed E-state index contributed by atoms with van der Waals surface area (Å²) in [6.45, 7) is 10.2. The number of carbonyl (C=O) groups is 1. The molecule has 0 aromatic heterocycles. The highest BCUT2D eigenvalue weighted by molar-refractivity contribution is 5.68. The largest absolute Gasteiger partial charge is 0.444 e. The molecule has 0 saturated carbocycles. The first-order chi connectivity index (χ1) is 9.94. The van der Waals surface area contributed by atoms with Crippen LogP contribution in [0.4, 0.5) is 4.79 Å². The standard InChI is InChI=1S/C16H30N2O3/c1-16(2,3)21-15(19)18-9-7-13(11-18)6-8-17-14-5-4-10-20-12-14/h13-14,17H,4-12H2,1-3H3. The minimum atomic E-state index is -0.405. The number of ether oxygens (including phenoxy) is 2. The van der Waals surface area contributed by atoms with Crippen molar-refractivity contribution in [3.63, 3.8) is 0 Å². The fourth-order valence-electron chi connectivity index (χ4n) is 2.95. The molecule has 2 rings (SSSR count). The maximum absolute atomic E-state index is 12.0. The Bertz CT molecular complexity index is 335. The quantitative estimate of drug-likeness (QED) is 0.866. The lowest BCUT2D eigenvalue weighted by atomic mass is 10.0. The second kappa shape index (κ2) is 7.45. The number of likely N-dealkylation sites (tertiary alicyclic amines) is 1. The van der Waals surface area contributed by atoms with Crippen LogP contribution in [0.5, 0.6) is 0 Å². The fraction of sp³-hybridized carbons (Fsp3) is 0.938. The molecule has 21 heavy (non-hydrogen) atoms. The predicted octanol–water partition coefficient (Wildman–Crippen LogP) is 2.40. The molecular weight excluding hydrogens is 268 g/mol. The summed E-state index contributed by atoms with van der Waals surface area (Å²) >= 11 is 0. The lowest BCUT2D eigenvalue weighted by Crippen LogP contribution is -2.38. The summed E-state index contributed by atoms with van der Waals surface area (Å²) in [7, 11) is 0. The van der Waals surface area contributed by atoms with E-state index >= 15 is 0 Å². The molecule has 1 N–H and O–H groups in total. The molecule has 0 bridgehead atoms. The highest BCUT2D eigenvalue weighted by Gasteiger charge is 2.29. The molecule has 122 valence electrons. The van der Waals surface area contributed by atoms with Crippen LogP contribution < -0.4 is 5.32 Å². The first-order valence-electron chi connectivity index (χ1n) is 8.23. The third kappa shape index (κ3) is 5.83. The zero-order valence-electron chi connectivity index (χ0n) is 13.7. The Morgan fingerprint density at radius 1 is 1.38 bits per heavy atom. The molecule has 2 aliphatic heterocycles. The van der Waals surface area contributed by atoms with Gasteiger partial charge in [0, 0.05) is 25.7 Å². The van der Waals surface area contributed by atoms with Gasteiger partial charge in [0.05, 0.1) is 6.61 Å². The molecular formula is C16H30N2O3. The molecule has 2 atom stereocenters. The zero-order valence-corrected chi connectivity index (χ0v) is 13.7. The van der Waals surface area contributed by atoms with Crippen LogP contribution in [0.3, 0.4) is 0 Å². The summed E-state index contributed by atoms with van der Waals surface area (Å²) in [5.41, 5.74) is -0.405. The molecule has 0 radical (unpaired) electrons. The van der Waals surface area contributed by atoms with Crippen molar-refractivity contribution in [2.24, 2.45) is 5.92 Å². The van der Waals surface area contributed by atoms with E-state index in [1.165, 1.54) is 6.42 Å². The van der Waals surface area contributed by atoms with Crippen molar-refractivity contribution in [2.75, 3.05) is 32.8 Å². The van der Waals surface area contributed by atoms with Crippen LogP contribution in [0, 0.1) is 5.92 Å². The van der Waals surface area contributed by atoms with Gasteiger partial charge in [-0.2, -0.15) is 0 Å². The summed E-state index contributed by atoms with van der Waals surface area (Å²) in [6, 6.07) is 0.516. The third-order valence-electron chi connectivity index (χ3n) is 4.08. The third-order valence-corrected chi connectivity index (χ3v) is 4.08. The van der Waals surface area contributed by atoms with Gasteiger partial charge in [-0.25, -0.2) is 4.79 Å². The van der Waals surface area contributed by atoms with Crippen LogP contribution in [0.2, 0.25) is 0 Å². The van der Waals surface area contributed by atoms with Gasteiger partial charge in [0.25, 0.3) is 0 Å². The molecule has 2 fully saturated rings. The molecule has 0 spiro atoms. The highest BCUT2D eigenvalue weighted by atomic mass is 16.6. The topological polar surface area (TPSA) is 50.8 Å². The SMILES string of the molecule is CC(C)(C)OC(=O)N1CCC(CCNC2CCCOC2)C1. The summed E-state index contributed by atoms with van der Waals surface area (Å²) in [5, 5.41) is 3.57. The Labute approximate surface area is 128 Å². The molecule has 2 unspecified atom stereocenters. The maximum atomic E-state index is 12.0. The lowest BCUT2D eigenvalue weighted by Gasteiger charge is -2.25. The van der Waals surface area contributed by atoms with Gasteiger partial charge in [0.15, 0.2) is 0 Å². The fourth-order valence-corrected chi connectivity index (χ4v) is 2.95. The van der Waals surface area contributed by atoms with Crippen molar-refractivity contribution >= 4 is 6.09 Å². The van der Waals surface area contributed by atoms with E-state index in [1.807, 2.05) is 25.7 Å². The van der Waals surface area contributed by atoms with Crippen LogP contribution in [-0.4, -0.2) is 55.5 Å². The molecule has 2 aliphatic rings. The van der Waals surface area contributed by atoms with E-state index in [4.69, 9.17) is 9.47 Å². The Balaban J connectivity index is 1.62. The molecule has 1 amide bonds. The molecule has 5 heteroatoms. The number of nitrogens with one attached hydrogen (secondary N) is 1. The van der Waals surface area contributed by atoms with E-state index in [1.54, 1.807) is 0 Å². The summed E-state index contributed by atoms with van der Waals surface area (Å²) in [6.07, 6.45) is 4.42. The molecule has 0 aromatic carbocycles. The summed E-state index contributed by atoms with van der Waals surface area (Å²) < 4.78 is 10.9. The van der Waals surface area contributed by atoms with Gasteiger partial charge >= 0.3 is 6.09 Å². The first-order valence-corrected chi connectivity index (χ1v) is 8.23. The number of carbonyl (C=O) groups excluding carboxylic acids is 1. The van der Waals surface area contributed by atoms with Crippen LogP contribution in [0.1, 0.15) is 46.5 Å². The van der Waals surface area contributed by atoms with Gasteiger partial charge in [-0.05, 0) is 58.9 Å². The van der Waals surface area contributed by atoms with Gasteiger partial charge in [-0.3, -0.25) is 0 Å². The van der Waals surface area contributed by atoms with Gasteiger partial charge in [-0.15, -0.1) is 0 Å². The van der Waals surface area contributed by atoms with Crippen LogP contribution in [0.15, 0.2) is 0 Å². The maximum Gasteiger partial charge on any atom is 0.410 e. The van der Waals surface area contributed by atoms with Crippen molar-refractivity contribution in [1.82, 2.24) is 10.2 Å². The Kier molecular flexibility index (Phi) is 5.88. The van der Waals surface area contributed by atoms with Gasteiger partial charge in [-0.1, -0.05) is 0 Å². The normalized spacial score (nSPS) is 26.9. The van der Waals surface area contributed by atoms with E-state index in [0.29, 0.717) is 12.0 Å². The average Bonchev–Trinajstić information content (AvgIpc) is 2.87. The minimum Gasteiger partial charge on any atom is -0.444 e. The molecule has 5 nitrogen and oxygen atoms in total. The van der Waals surface area contributed by atoms with Crippen molar-refractivity contribution in [3.05, 3.63) is 0 Å². The molecule has 0 aromatic rings. The Hall–Kier alpha value is -0.810. The number of amides is 1. The van der Waals surface area contributed by atoms with Crippen molar-refractivity contribution in [3.8, 4) is 0 Å². The predicted molar refractivity (Wildman–Crippen MR) is 82.4 cm³/mol. The summed E-state index contributed by atoms with van der Waals surface area (Å²) in [4.78, 5) is 13.8. The van der Waals surface area contributed by atoms with Crippen molar-refractivity contribution in [1.29, 1.82) is 0 Å². The first kappa shape index (κ1) is 16.6. The van der Waals surface area contributed by atoms with E-state index in [9.17, 15) is 4.79 Å². The molecule has 0 aliphatic carbocycles. The molecule has 2 saturated heterocycles. The van der Waals surface area contributed by atoms with E-state index < -0.39 is 5.60 Å². The van der Waals surface area contributed by atoms with Crippen LogP contribution in [-0.2, 0) is 9.47 Å². The van der Waals surface area contributed by atoms with Gasteiger partial charge in [0.2, 0.25) is 0 Å². The molecule has 2 heterocycles. The van der Waals surface area contributed by atoms with Gasteiger partial charge in [0.1, 0.15) is 5.60 Å². The van der Waals surface area contributed by atoms with Crippen LogP contribution >= 0.6 is 0 Å². The Morgan fingerprint density at radius 3 is 2.86 bits per heavy atom. The van der Waals surface area contributed by atoms with E-state index in [0.717, 1.165) is 52.1 Å².